The van der Waals surface area contributed by atoms with Crippen LogP contribution in [-0.2, 0) is 9.47 Å². The van der Waals surface area contributed by atoms with Crippen molar-refractivity contribution in [3.63, 3.8) is 0 Å². The third kappa shape index (κ3) is 3.31. The molecule has 0 radical (unpaired) electrons. The fourth-order valence-corrected chi connectivity index (χ4v) is 1.90. The van der Waals surface area contributed by atoms with E-state index in [1.807, 2.05) is 0 Å². The molecule has 0 aromatic carbocycles. The van der Waals surface area contributed by atoms with Crippen molar-refractivity contribution in [3.05, 3.63) is 28.0 Å². The summed E-state index contributed by atoms with van der Waals surface area (Å²) in [6.45, 7) is 0.946. The van der Waals surface area contributed by atoms with Crippen LogP contribution in [0.15, 0.2) is 12.1 Å². The summed E-state index contributed by atoms with van der Waals surface area (Å²) in [6, 6.07) is 3.03. The number of nitrogens with zero attached hydrogens (tertiary/aromatic N) is 1. The van der Waals surface area contributed by atoms with Gasteiger partial charge < -0.3 is 9.47 Å². The Hall–Kier alpha value is -0.840. The second-order valence-electron chi connectivity index (χ2n) is 3.70. The first-order chi connectivity index (χ1) is 8.16. The highest BCUT2D eigenvalue weighted by molar-refractivity contribution is 6.34. The van der Waals surface area contributed by atoms with Gasteiger partial charge in [-0.05, 0) is 25.0 Å². The molecule has 0 saturated carbocycles. The van der Waals surface area contributed by atoms with E-state index < -0.39 is 5.97 Å². The zero-order valence-electron chi connectivity index (χ0n) is 8.99. The van der Waals surface area contributed by atoms with Crippen LogP contribution in [0.25, 0.3) is 0 Å². The molecule has 1 fully saturated rings. The molecule has 0 spiro atoms. The van der Waals surface area contributed by atoms with E-state index in [1.165, 1.54) is 12.1 Å². The summed E-state index contributed by atoms with van der Waals surface area (Å²) in [5, 5.41) is 0.435. The highest BCUT2D eigenvalue weighted by Gasteiger charge is 2.20. The van der Waals surface area contributed by atoms with Crippen molar-refractivity contribution in [3.8, 4) is 0 Å². The van der Waals surface area contributed by atoms with E-state index in [1.54, 1.807) is 0 Å². The predicted octanol–water partition coefficient (Wildman–Crippen LogP) is 2.72. The summed E-state index contributed by atoms with van der Waals surface area (Å²) in [5.41, 5.74) is 0.0390. The average molecular weight is 276 g/mol. The van der Waals surface area contributed by atoms with E-state index in [0.717, 1.165) is 19.4 Å². The maximum absolute atomic E-state index is 11.7. The Bertz CT molecular complexity index is 419. The molecule has 1 atom stereocenters. The molecule has 4 nitrogen and oxygen atoms in total. The van der Waals surface area contributed by atoms with Crippen molar-refractivity contribution >= 4 is 29.2 Å². The number of hydrogen-bond donors (Lipinski definition) is 0. The number of pyridine rings is 1. The summed E-state index contributed by atoms with van der Waals surface area (Å²) in [6.07, 6.45) is 1.89. The number of ether oxygens (including phenoxy) is 2. The van der Waals surface area contributed by atoms with Crippen molar-refractivity contribution < 1.29 is 14.3 Å². The number of carbonyl (C=O) groups excluding carboxylic acids is 1. The Morgan fingerprint density at radius 2 is 2.35 bits per heavy atom. The van der Waals surface area contributed by atoms with Gasteiger partial charge in [0.25, 0.3) is 0 Å². The lowest BCUT2D eigenvalue weighted by molar-refractivity contribution is 0.0156. The molecule has 1 saturated heterocycles. The van der Waals surface area contributed by atoms with Crippen LogP contribution in [0.2, 0.25) is 10.2 Å². The summed E-state index contributed by atoms with van der Waals surface area (Å²) in [4.78, 5) is 15.5. The van der Waals surface area contributed by atoms with Gasteiger partial charge in [-0.2, -0.15) is 0 Å². The molecule has 1 aliphatic heterocycles. The van der Waals surface area contributed by atoms with Gasteiger partial charge in [0.05, 0.1) is 11.1 Å². The van der Waals surface area contributed by atoms with Gasteiger partial charge in [0.15, 0.2) is 5.69 Å². The standard InChI is InChI=1S/C11H11Cl2NO3/c12-8-3-4-9(13)14-10(8)11(15)17-6-7-2-1-5-16-7/h3-4,7H,1-2,5-6H2. The lowest BCUT2D eigenvalue weighted by Crippen LogP contribution is -2.18. The van der Waals surface area contributed by atoms with Crippen LogP contribution in [0.4, 0.5) is 0 Å². The average Bonchev–Trinajstić information content (AvgIpc) is 2.82. The van der Waals surface area contributed by atoms with Gasteiger partial charge in [-0.1, -0.05) is 23.2 Å². The largest absolute Gasteiger partial charge is 0.458 e. The topological polar surface area (TPSA) is 48.4 Å². The molecule has 17 heavy (non-hydrogen) atoms. The van der Waals surface area contributed by atoms with Crippen molar-refractivity contribution in [1.82, 2.24) is 4.98 Å². The van der Waals surface area contributed by atoms with Crippen molar-refractivity contribution in [2.75, 3.05) is 13.2 Å². The minimum absolute atomic E-state index is 0.0168. The Morgan fingerprint density at radius 1 is 1.53 bits per heavy atom. The lowest BCUT2D eigenvalue weighted by atomic mass is 10.2. The molecule has 2 rings (SSSR count). The lowest BCUT2D eigenvalue weighted by Gasteiger charge is -2.10. The van der Waals surface area contributed by atoms with E-state index in [4.69, 9.17) is 32.7 Å². The van der Waals surface area contributed by atoms with Crippen molar-refractivity contribution in [2.45, 2.75) is 18.9 Å². The third-order valence-corrected chi connectivity index (χ3v) is 2.95. The van der Waals surface area contributed by atoms with E-state index in [-0.39, 0.29) is 28.6 Å². The van der Waals surface area contributed by atoms with Crippen LogP contribution in [-0.4, -0.2) is 30.3 Å². The molecule has 0 N–H and O–H groups in total. The number of halogens is 2. The van der Waals surface area contributed by atoms with Crippen LogP contribution in [0.3, 0.4) is 0 Å². The Balaban J connectivity index is 1.96. The quantitative estimate of drug-likeness (QED) is 0.629. The highest BCUT2D eigenvalue weighted by Crippen LogP contribution is 2.18. The zero-order chi connectivity index (χ0) is 12.3. The smallest absolute Gasteiger partial charge is 0.358 e. The molecule has 92 valence electrons. The monoisotopic (exact) mass is 275 g/mol. The maximum Gasteiger partial charge on any atom is 0.358 e. The van der Waals surface area contributed by atoms with E-state index in [0.29, 0.717) is 0 Å². The molecule has 0 amide bonds. The first kappa shape index (κ1) is 12.6. The summed E-state index contributed by atoms with van der Waals surface area (Å²) in [5.74, 6) is -0.576. The van der Waals surface area contributed by atoms with Gasteiger partial charge in [-0.25, -0.2) is 9.78 Å². The number of hydrogen-bond acceptors (Lipinski definition) is 4. The fourth-order valence-electron chi connectivity index (χ4n) is 1.57. The molecule has 0 bridgehead atoms. The third-order valence-electron chi connectivity index (χ3n) is 2.43. The fraction of sp³-hybridized carbons (Fsp3) is 0.455. The van der Waals surface area contributed by atoms with Crippen LogP contribution < -0.4 is 0 Å². The van der Waals surface area contributed by atoms with E-state index in [9.17, 15) is 4.79 Å². The van der Waals surface area contributed by atoms with Crippen LogP contribution >= 0.6 is 23.2 Å². The SMILES string of the molecule is O=C(OCC1CCCO1)c1nc(Cl)ccc1Cl. The summed E-state index contributed by atoms with van der Waals surface area (Å²) in [7, 11) is 0. The number of carbonyl (C=O) groups is 1. The van der Waals surface area contributed by atoms with E-state index in [2.05, 4.69) is 4.98 Å². The molecule has 1 aromatic rings. The molecule has 1 unspecified atom stereocenters. The van der Waals surface area contributed by atoms with Crippen molar-refractivity contribution in [1.29, 1.82) is 0 Å². The molecule has 6 heteroatoms. The summed E-state index contributed by atoms with van der Waals surface area (Å²) >= 11 is 11.5. The molecule has 2 heterocycles. The molecule has 1 aromatic heterocycles. The highest BCUT2D eigenvalue weighted by atomic mass is 35.5. The second-order valence-corrected chi connectivity index (χ2v) is 4.49. The van der Waals surface area contributed by atoms with Gasteiger partial charge in [0, 0.05) is 6.61 Å². The first-order valence-electron chi connectivity index (χ1n) is 5.27. The van der Waals surface area contributed by atoms with Gasteiger partial charge in [-0.3, -0.25) is 0 Å². The van der Waals surface area contributed by atoms with Crippen LogP contribution in [0, 0.1) is 0 Å². The summed E-state index contributed by atoms with van der Waals surface area (Å²) < 4.78 is 10.4. The Kier molecular flexibility index (Phi) is 4.20. The molecular formula is C11H11Cl2NO3. The minimum Gasteiger partial charge on any atom is -0.458 e. The minimum atomic E-state index is -0.576. The van der Waals surface area contributed by atoms with Crippen molar-refractivity contribution in [2.24, 2.45) is 0 Å². The second kappa shape index (κ2) is 5.67. The van der Waals surface area contributed by atoms with Gasteiger partial charge in [0.1, 0.15) is 11.8 Å². The van der Waals surface area contributed by atoms with Crippen LogP contribution in [0.1, 0.15) is 23.3 Å². The van der Waals surface area contributed by atoms with Gasteiger partial charge >= 0.3 is 5.97 Å². The molecular weight excluding hydrogens is 265 g/mol. The Morgan fingerprint density at radius 3 is 3.06 bits per heavy atom. The Labute approximate surface area is 109 Å². The first-order valence-corrected chi connectivity index (χ1v) is 6.03. The number of rotatable bonds is 3. The van der Waals surface area contributed by atoms with Crippen LogP contribution in [0.5, 0.6) is 0 Å². The maximum atomic E-state index is 11.7. The molecule has 1 aliphatic rings. The number of esters is 1. The van der Waals surface area contributed by atoms with E-state index >= 15 is 0 Å². The van der Waals surface area contributed by atoms with Gasteiger partial charge in [-0.15, -0.1) is 0 Å². The predicted molar refractivity (Wildman–Crippen MR) is 63.5 cm³/mol. The number of aromatic nitrogens is 1. The molecule has 0 aliphatic carbocycles. The normalized spacial score (nSPS) is 19.3. The zero-order valence-corrected chi connectivity index (χ0v) is 10.5. The van der Waals surface area contributed by atoms with Gasteiger partial charge in [0.2, 0.25) is 0 Å².